The van der Waals surface area contributed by atoms with E-state index in [0.717, 1.165) is 11.1 Å². The van der Waals surface area contributed by atoms with E-state index in [2.05, 4.69) is 6.58 Å². The molecule has 0 bridgehead atoms. The molecule has 0 radical (unpaired) electrons. The Kier molecular flexibility index (Phi) is 5.77. The number of hydrogen-bond donors (Lipinski definition) is 0. The third kappa shape index (κ3) is 4.92. The van der Waals surface area contributed by atoms with Crippen molar-refractivity contribution in [2.24, 2.45) is 5.92 Å². The minimum absolute atomic E-state index is 0.164. The molecular weight excluding hydrogens is 260 g/mol. The molecule has 0 aromatic heterocycles. The molecule has 2 heteroatoms. The van der Waals surface area contributed by atoms with E-state index in [1.54, 1.807) is 6.08 Å². The van der Waals surface area contributed by atoms with Gasteiger partial charge < -0.3 is 4.74 Å². The van der Waals surface area contributed by atoms with Crippen LogP contribution in [0.15, 0.2) is 73.3 Å². The Morgan fingerprint density at radius 1 is 1.00 bits per heavy atom. The summed E-state index contributed by atoms with van der Waals surface area (Å²) >= 11 is 0. The average molecular weight is 280 g/mol. The first-order chi connectivity index (χ1) is 10.3. The van der Waals surface area contributed by atoms with Crippen molar-refractivity contribution in [3.05, 3.63) is 84.4 Å². The highest BCUT2D eigenvalue weighted by atomic mass is 16.5. The molecule has 0 aliphatic carbocycles. The van der Waals surface area contributed by atoms with Gasteiger partial charge in [0.1, 0.15) is 6.61 Å². The largest absolute Gasteiger partial charge is 0.461 e. The standard InChI is InChI=1S/C19H20O2/c1-2-9-18(14-16-10-5-3-6-11-16)19(20)21-15-17-12-7-4-8-13-17/h2-8,10-13,18H,1,9,14-15H2. The zero-order valence-electron chi connectivity index (χ0n) is 12.1. The summed E-state index contributed by atoms with van der Waals surface area (Å²) in [7, 11) is 0. The lowest BCUT2D eigenvalue weighted by molar-refractivity contribution is -0.149. The lowest BCUT2D eigenvalue weighted by Gasteiger charge is -2.14. The fourth-order valence-electron chi connectivity index (χ4n) is 2.21. The van der Waals surface area contributed by atoms with Gasteiger partial charge in [0.25, 0.3) is 0 Å². The highest BCUT2D eigenvalue weighted by Crippen LogP contribution is 2.15. The van der Waals surface area contributed by atoms with Gasteiger partial charge in [0, 0.05) is 0 Å². The van der Waals surface area contributed by atoms with Gasteiger partial charge in [0.05, 0.1) is 5.92 Å². The normalized spacial score (nSPS) is 11.6. The monoisotopic (exact) mass is 280 g/mol. The summed E-state index contributed by atoms with van der Waals surface area (Å²) in [5, 5.41) is 0. The van der Waals surface area contributed by atoms with Crippen molar-refractivity contribution in [1.29, 1.82) is 0 Å². The first kappa shape index (κ1) is 15.0. The van der Waals surface area contributed by atoms with Crippen molar-refractivity contribution in [1.82, 2.24) is 0 Å². The van der Waals surface area contributed by atoms with Crippen LogP contribution in [0.2, 0.25) is 0 Å². The van der Waals surface area contributed by atoms with E-state index in [4.69, 9.17) is 4.74 Å². The highest BCUT2D eigenvalue weighted by Gasteiger charge is 2.19. The van der Waals surface area contributed by atoms with Gasteiger partial charge in [-0.3, -0.25) is 4.79 Å². The molecule has 0 fully saturated rings. The van der Waals surface area contributed by atoms with Crippen LogP contribution in [0, 0.1) is 5.92 Å². The Morgan fingerprint density at radius 2 is 1.57 bits per heavy atom. The molecule has 0 aliphatic heterocycles. The third-order valence-corrected chi connectivity index (χ3v) is 3.33. The van der Waals surface area contributed by atoms with Crippen LogP contribution in [0.4, 0.5) is 0 Å². The van der Waals surface area contributed by atoms with Gasteiger partial charge in [-0.15, -0.1) is 6.58 Å². The van der Waals surface area contributed by atoms with E-state index in [0.29, 0.717) is 19.4 Å². The van der Waals surface area contributed by atoms with Gasteiger partial charge in [0.15, 0.2) is 0 Å². The maximum absolute atomic E-state index is 12.2. The molecule has 0 saturated heterocycles. The van der Waals surface area contributed by atoms with Gasteiger partial charge in [-0.05, 0) is 24.0 Å². The molecule has 108 valence electrons. The number of carbonyl (C=O) groups excluding carboxylic acids is 1. The molecule has 2 nitrogen and oxygen atoms in total. The van der Waals surface area contributed by atoms with Crippen molar-refractivity contribution < 1.29 is 9.53 Å². The van der Waals surface area contributed by atoms with Gasteiger partial charge >= 0.3 is 5.97 Å². The second kappa shape index (κ2) is 8.05. The summed E-state index contributed by atoms with van der Waals surface area (Å²) in [5.74, 6) is -0.337. The number of hydrogen-bond acceptors (Lipinski definition) is 2. The summed E-state index contributed by atoms with van der Waals surface area (Å²) in [6, 6.07) is 19.7. The first-order valence-electron chi connectivity index (χ1n) is 7.15. The molecule has 0 amide bonds. The number of carbonyl (C=O) groups is 1. The van der Waals surface area contributed by atoms with Crippen LogP contribution in [-0.2, 0) is 22.6 Å². The average Bonchev–Trinajstić information content (AvgIpc) is 2.54. The summed E-state index contributed by atoms with van der Waals surface area (Å²) in [4.78, 5) is 12.2. The topological polar surface area (TPSA) is 26.3 Å². The van der Waals surface area contributed by atoms with E-state index in [1.807, 2.05) is 60.7 Å². The summed E-state index contributed by atoms with van der Waals surface area (Å²) in [6.45, 7) is 4.06. The van der Waals surface area contributed by atoms with Crippen LogP contribution >= 0.6 is 0 Å². The number of ether oxygens (including phenoxy) is 1. The lowest BCUT2D eigenvalue weighted by atomic mass is 9.96. The van der Waals surface area contributed by atoms with Crippen molar-refractivity contribution in [2.75, 3.05) is 0 Å². The Bertz CT molecular complexity index is 561. The Morgan fingerprint density at radius 3 is 2.14 bits per heavy atom. The smallest absolute Gasteiger partial charge is 0.309 e. The minimum Gasteiger partial charge on any atom is -0.461 e. The molecule has 0 aliphatic rings. The van der Waals surface area contributed by atoms with Crippen molar-refractivity contribution in [3.8, 4) is 0 Å². The molecule has 21 heavy (non-hydrogen) atoms. The molecule has 0 N–H and O–H groups in total. The Labute approximate surface area is 126 Å². The van der Waals surface area contributed by atoms with Crippen LogP contribution in [0.5, 0.6) is 0 Å². The van der Waals surface area contributed by atoms with Crippen LogP contribution in [-0.4, -0.2) is 5.97 Å². The summed E-state index contributed by atoms with van der Waals surface area (Å²) in [5.41, 5.74) is 2.14. The van der Waals surface area contributed by atoms with Crippen LogP contribution in [0.3, 0.4) is 0 Å². The Balaban J connectivity index is 1.94. The molecule has 0 heterocycles. The number of rotatable bonds is 7. The van der Waals surface area contributed by atoms with Crippen LogP contribution < -0.4 is 0 Å². The number of allylic oxidation sites excluding steroid dienone is 1. The Hall–Kier alpha value is -2.35. The molecule has 2 aromatic carbocycles. The van der Waals surface area contributed by atoms with Gasteiger partial charge in [-0.2, -0.15) is 0 Å². The molecule has 0 spiro atoms. The van der Waals surface area contributed by atoms with E-state index in [1.165, 1.54) is 0 Å². The molecule has 2 rings (SSSR count). The van der Waals surface area contributed by atoms with E-state index in [9.17, 15) is 4.79 Å². The molecule has 0 saturated carbocycles. The van der Waals surface area contributed by atoms with E-state index in [-0.39, 0.29) is 11.9 Å². The molecule has 2 aromatic rings. The van der Waals surface area contributed by atoms with Crippen LogP contribution in [0.25, 0.3) is 0 Å². The zero-order valence-corrected chi connectivity index (χ0v) is 12.1. The second-order valence-corrected chi connectivity index (χ2v) is 5.00. The summed E-state index contributed by atoms with van der Waals surface area (Å²) in [6.07, 6.45) is 3.08. The molecular formula is C19H20O2. The molecule has 1 atom stereocenters. The zero-order chi connectivity index (χ0) is 14.9. The van der Waals surface area contributed by atoms with Gasteiger partial charge in [-0.1, -0.05) is 66.7 Å². The third-order valence-electron chi connectivity index (χ3n) is 3.33. The maximum Gasteiger partial charge on any atom is 0.309 e. The van der Waals surface area contributed by atoms with E-state index >= 15 is 0 Å². The molecule has 1 unspecified atom stereocenters. The SMILES string of the molecule is C=CCC(Cc1ccccc1)C(=O)OCc1ccccc1. The fourth-order valence-corrected chi connectivity index (χ4v) is 2.21. The van der Waals surface area contributed by atoms with Crippen molar-refractivity contribution in [2.45, 2.75) is 19.4 Å². The van der Waals surface area contributed by atoms with Crippen molar-refractivity contribution >= 4 is 5.97 Å². The quantitative estimate of drug-likeness (QED) is 0.562. The maximum atomic E-state index is 12.2. The van der Waals surface area contributed by atoms with E-state index < -0.39 is 0 Å². The number of esters is 1. The number of benzene rings is 2. The second-order valence-electron chi connectivity index (χ2n) is 5.00. The summed E-state index contributed by atoms with van der Waals surface area (Å²) < 4.78 is 5.43. The van der Waals surface area contributed by atoms with Crippen LogP contribution in [0.1, 0.15) is 17.5 Å². The highest BCUT2D eigenvalue weighted by molar-refractivity contribution is 5.73. The van der Waals surface area contributed by atoms with Gasteiger partial charge in [0.2, 0.25) is 0 Å². The fraction of sp³-hybridized carbons (Fsp3) is 0.211. The predicted molar refractivity (Wildman–Crippen MR) is 84.7 cm³/mol. The predicted octanol–water partition coefficient (Wildman–Crippen LogP) is 4.16. The first-order valence-corrected chi connectivity index (χ1v) is 7.15. The van der Waals surface area contributed by atoms with Gasteiger partial charge in [-0.25, -0.2) is 0 Å². The lowest BCUT2D eigenvalue weighted by Crippen LogP contribution is -2.19. The van der Waals surface area contributed by atoms with Crippen molar-refractivity contribution in [3.63, 3.8) is 0 Å². The minimum atomic E-state index is -0.173.